The molecule has 0 aliphatic carbocycles. The maximum atomic E-state index is 12.9. The second-order valence-electron chi connectivity index (χ2n) is 5.20. The number of para-hydroxylation sites is 1. The van der Waals surface area contributed by atoms with Crippen molar-refractivity contribution in [2.45, 2.75) is 13.5 Å². The van der Waals surface area contributed by atoms with Gasteiger partial charge in [-0.2, -0.15) is 0 Å². The summed E-state index contributed by atoms with van der Waals surface area (Å²) in [6, 6.07) is 15.1. The van der Waals surface area contributed by atoms with Crippen molar-refractivity contribution in [1.82, 2.24) is 19.2 Å². The second kappa shape index (κ2) is 4.80. The highest BCUT2D eigenvalue weighted by molar-refractivity contribution is 5.80. The van der Waals surface area contributed by atoms with Crippen LogP contribution >= 0.6 is 0 Å². The lowest BCUT2D eigenvalue weighted by Gasteiger charge is -2.10. The summed E-state index contributed by atoms with van der Waals surface area (Å²) in [5, 5.41) is 8.80. The van der Waals surface area contributed by atoms with E-state index in [-0.39, 0.29) is 5.56 Å². The first kappa shape index (κ1) is 11.7. The Labute approximate surface area is 127 Å². The number of fused-ring (bicyclic) bond motifs is 3. The van der Waals surface area contributed by atoms with Gasteiger partial charge in [0, 0.05) is 0 Å². The zero-order chi connectivity index (χ0) is 16.0. The quantitative estimate of drug-likeness (QED) is 0.570. The van der Waals surface area contributed by atoms with Gasteiger partial charge in [0.25, 0.3) is 5.56 Å². The summed E-state index contributed by atoms with van der Waals surface area (Å²) in [6.45, 7) is 2.27. The molecule has 4 aromatic rings. The molecule has 0 atom stereocenters. The monoisotopic (exact) mass is 292 g/mol. The molecular weight excluding hydrogens is 276 g/mol. The van der Waals surface area contributed by atoms with Crippen molar-refractivity contribution in [2.75, 3.05) is 0 Å². The van der Waals surface area contributed by atoms with Crippen LogP contribution in [0.1, 0.15) is 12.8 Å². The van der Waals surface area contributed by atoms with Crippen LogP contribution < -0.4 is 5.56 Å². The molecular formula is C17H14N4O. The van der Waals surface area contributed by atoms with Crippen molar-refractivity contribution >= 4 is 16.7 Å². The fraction of sp³-hybridized carbons (Fsp3) is 0.118. The van der Waals surface area contributed by atoms with E-state index in [4.69, 9.17) is 1.37 Å². The average Bonchev–Trinajstić information content (AvgIpc) is 2.94. The zero-order valence-electron chi connectivity index (χ0n) is 13.0. The molecule has 0 unspecified atom stereocenters. The van der Waals surface area contributed by atoms with E-state index < -0.39 is 0 Å². The van der Waals surface area contributed by atoms with Gasteiger partial charge < -0.3 is 0 Å². The van der Waals surface area contributed by atoms with Crippen LogP contribution in [0.5, 0.6) is 0 Å². The molecule has 0 fully saturated rings. The summed E-state index contributed by atoms with van der Waals surface area (Å²) in [5.41, 5.74) is 1.59. The molecule has 22 heavy (non-hydrogen) atoms. The van der Waals surface area contributed by atoms with Crippen molar-refractivity contribution in [2.24, 2.45) is 0 Å². The molecule has 0 aliphatic heterocycles. The molecule has 2 aromatic heterocycles. The first-order valence-corrected chi connectivity index (χ1v) is 7.04. The predicted molar refractivity (Wildman–Crippen MR) is 85.0 cm³/mol. The van der Waals surface area contributed by atoms with E-state index >= 15 is 0 Å². The average molecular weight is 292 g/mol. The highest BCUT2D eigenvalue weighted by Gasteiger charge is 2.14. The van der Waals surface area contributed by atoms with Crippen molar-refractivity contribution in [3.8, 4) is 0 Å². The lowest BCUT2D eigenvalue weighted by molar-refractivity contribution is 0.766. The summed E-state index contributed by atoms with van der Waals surface area (Å²) in [7, 11) is 0. The third-order valence-corrected chi connectivity index (χ3v) is 3.79. The number of rotatable bonds is 2. The number of nitrogens with zero attached hydrogens (tertiary/aromatic N) is 4. The van der Waals surface area contributed by atoms with Crippen LogP contribution in [0.4, 0.5) is 0 Å². The van der Waals surface area contributed by atoms with E-state index in [0.29, 0.717) is 29.6 Å². The molecule has 5 heteroatoms. The predicted octanol–water partition coefficient (Wildman–Crippen LogP) is 2.40. The van der Waals surface area contributed by atoms with Gasteiger partial charge in [0.1, 0.15) is 5.82 Å². The van der Waals surface area contributed by atoms with Gasteiger partial charge in [-0.15, -0.1) is 10.2 Å². The van der Waals surface area contributed by atoms with Crippen molar-refractivity contribution in [3.63, 3.8) is 0 Å². The highest BCUT2D eigenvalue weighted by Crippen LogP contribution is 2.15. The Balaban J connectivity index is 2.09. The third kappa shape index (κ3) is 1.83. The third-order valence-electron chi connectivity index (χ3n) is 3.79. The van der Waals surface area contributed by atoms with Crippen LogP contribution in [-0.4, -0.2) is 19.2 Å². The molecule has 0 bridgehead atoms. The van der Waals surface area contributed by atoms with Gasteiger partial charge >= 0.3 is 0 Å². The fourth-order valence-corrected chi connectivity index (χ4v) is 2.74. The minimum Gasteiger partial charge on any atom is -0.272 e. The minimum atomic E-state index is -0.155. The molecule has 5 nitrogen and oxygen atoms in total. The summed E-state index contributed by atoms with van der Waals surface area (Å²) in [5.74, 6) is 1.23. The van der Waals surface area contributed by atoms with Gasteiger partial charge in [0.2, 0.25) is 5.78 Å². The standard InChI is InChI=1S/C17H14N4O/c1-12-18-19-17-20(11-13-7-3-2-4-8-13)16(22)14-9-5-6-10-15(14)21(12)17/h2-10H,11H2,1H3/i5T. The molecule has 2 heterocycles. The number of benzene rings is 2. The fourth-order valence-electron chi connectivity index (χ4n) is 2.74. The van der Waals surface area contributed by atoms with Gasteiger partial charge in [-0.25, -0.2) is 0 Å². The number of hydrogen-bond acceptors (Lipinski definition) is 3. The lowest BCUT2D eigenvalue weighted by atomic mass is 10.2. The van der Waals surface area contributed by atoms with Gasteiger partial charge in [-0.1, -0.05) is 42.4 Å². The highest BCUT2D eigenvalue weighted by atomic mass is 16.1. The smallest absolute Gasteiger partial charge is 0.263 e. The van der Waals surface area contributed by atoms with Gasteiger partial charge in [0.15, 0.2) is 0 Å². The molecule has 108 valence electrons. The molecule has 0 saturated heterocycles. The topological polar surface area (TPSA) is 52.2 Å². The molecule has 2 aromatic carbocycles. The van der Waals surface area contributed by atoms with E-state index in [1.165, 1.54) is 0 Å². The summed E-state index contributed by atoms with van der Waals surface area (Å²) >= 11 is 0. The Morgan fingerprint density at radius 1 is 1.09 bits per heavy atom. The largest absolute Gasteiger partial charge is 0.272 e. The van der Waals surface area contributed by atoms with E-state index in [1.807, 2.05) is 41.7 Å². The Bertz CT molecular complexity index is 1080. The first-order valence-electron chi connectivity index (χ1n) is 7.54. The molecule has 0 spiro atoms. The van der Waals surface area contributed by atoms with Crippen LogP contribution in [-0.2, 0) is 6.54 Å². The molecule has 0 amide bonds. The maximum absolute atomic E-state index is 12.9. The van der Waals surface area contributed by atoms with Gasteiger partial charge in [-0.05, 0) is 24.6 Å². The molecule has 0 aliphatic rings. The van der Waals surface area contributed by atoms with Gasteiger partial charge in [0.05, 0.1) is 18.8 Å². The van der Waals surface area contributed by atoms with E-state index in [2.05, 4.69) is 10.2 Å². The molecule has 0 saturated carbocycles. The van der Waals surface area contributed by atoms with Crippen LogP contribution in [0.15, 0.2) is 59.4 Å². The Hall–Kier alpha value is -2.95. The van der Waals surface area contributed by atoms with Crippen LogP contribution in [0.2, 0.25) is 0 Å². The molecule has 0 N–H and O–H groups in total. The van der Waals surface area contributed by atoms with Crippen molar-refractivity contribution < 1.29 is 1.37 Å². The SMILES string of the molecule is [3H]c1ccc2c(c1)c(=O)n(Cc1ccccc1)c1nnc(C)n21. The van der Waals surface area contributed by atoms with Crippen molar-refractivity contribution in [1.29, 1.82) is 0 Å². The Morgan fingerprint density at radius 2 is 1.91 bits per heavy atom. The van der Waals surface area contributed by atoms with Crippen molar-refractivity contribution in [3.05, 3.63) is 76.3 Å². The summed E-state index contributed by atoms with van der Waals surface area (Å²) in [6.07, 6.45) is 0. The zero-order valence-corrected chi connectivity index (χ0v) is 12.0. The van der Waals surface area contributed by atoms with E-state index in [0.717, 1.165) is 11.1 Å². The Kier molecular flexibility index (Phi) is 2.55. The number of hydrogen-bond donors (Lipinski definition) is 0. The second-order valence-corrected chi connectivity index (χ2v) is 5.20. The molecule has 4 rings (SSSR count). The number of aryl methyl sites for hydroxylation is 1. The lowest BCUT2D eigenvalue weighted by Crippen LogP contribution is -2.24. The van der Waals surface area contributed by atoms with E-state index in [1.54, 1.807) is 22.8 Å². The molecule has 0 radical (unpaired) electrons. The van der Waals surface area contributed by atoms with E-state index in [9.17, 15) is 4.79 Å². The minimum absolute atomic E-state index is 0.155. The summed E-state index contributed by atoms with van der Waals surface area (Å²) in [4.78, 5) is 12.9. The van der Waals surface area contributed by atoms with Crippen LogP contribution in [0.25, 0.3) is 16.7 Å². The van der Waals surface area contributed by atoms with Gasteiger partial charge in [-0.3, -0.25) is 13.8 Å². The normalized spacial score (nSPS) is 12.0. The van der Waals surface area contributed by atoms with Crippen LogP contribution in [0.3, 0.4) is 0 Å². The maximum Gasteiger partial charge on any atom is 0.263 e. The number of aromatic nitrogens is 4. The summed E-state index contributed by atoms with van der Waals surface area (Å²) < 4.78 is 11.3. The van der Waals surface area contributed by atoms with Crippen LogP contribution in [0, 0.1) is 6.92 Å². The first-order chi connectivity index (χ1) is 11.1. The Morgan fingerprint density at radius 3 is 2.73 bits per heavy atom.